The lowest BCUT2D eigenvalue weighted by atomic mass is 9.76. The highest BCUT2D eigenvalue weighted by Crippen LogP contribution is 2.39. The fourth-order valence-electron chi connectivity index (χ4n) is 4.05. The molecule has 1 aliphatic rings. The number of amides is 2. The first-order chi connectivity index (χ1) is 15.0. The molecular weight excluding hydrogens is 479 g/mol. The van der Waals surface area contributed by atoms with Crippen molar-refractivity contribution in [2.24, 2.45) is 5.92 Å². The fraction of sp³-hybridized carbons (Fsp3) is 0.478. The summed E-state index contributed by atoms with van der Waals surface area (Å²) in [5, 5.41) is 5.84. The molecule has 9 heteroatoms. The van der Waals surface area contributed by atoms with Gasteiger partial charge in [0.25, 0.3) is 5.91 Å². The zero-order valence-corrected chi connectivity index (χ0v) is 20.2. The van der Waals surface area contributed by atoms with E-state index >= 15 is 0 Å². The van der Waals surface area contributed by atoms with Gasteiger partial charge >= 0.3 is 6.09 Å². The van der Waals surface area contributed by atoms with E-state index in [9.17, 15) is 14.0 Å². The first-order valence-electron chi connectivity index (χ1n) is 10.6. The summed E-state index contributed by atoms with van der Waals surface area (Å²) in [7, 11) is 0. The lowest BCUT2D eigenvalue weighted by molar-refractivity contribution is 0.0482. The van der Waals surface area contributed by atoms with E-state index in [0.717, 1.165) is 24.8 Å². The van der Waals surface area contributed by atoms with Crippen molar-refractivity contribution < 1.29 is 18.7 Å². The Hall–Kier alpha value is -2.55. The Morgan fingerprint density at radius 3 is 2.62 bits per heavy atom. The van der Waals surface area contributed by atoms with E-state index in [0.29, 0.717) is 11.6 Å². The van der Waals surface area contributed by atoms with Gasteiger partial charge in [0.05, 0.1) is 11.9 Å². The van der Waals surface area contributed by atoms with Gasteiger partial charge in [-0.25, -0.2) is 14.2 Å². The molecule has 2 aromatic heterocycles. The van der Waals surface area contributed by atoms with Crippen molar-refractivity contribution >= 4 is 33.6 Å². The molecule has 3 rings (SSSR count). The zero-order chi connectivity index (χ0) is 23.5. The third-order valence-corrected chi connectivity index (χ3v) is 5.80. The van der Waals surface area contributed by atoms with Crippen molar-refractivity contribution in [3.05, 3.63) is 52.3 Å². The molecule has 0 saturated heterocycles. The first-order valence-corrected chi connectivity index (χ1v) is 11.4. The van der Waals surface area contributed by atoms with Crippen LogP contribution in [0.5, 0.6) is 0 Å². The number of pyridine rings is 2. The minimum atomic E-state index is -0.560. The first kappa shape index (κ1) is 24.1. The van der Waals surface area contributed by atoms with Crippen LogP contribution in [0.1, 0.15) is 68.9 Å². The molecule has 7 nitrogen and oxygen atoms in total. The van der Waals surface area contributed by atoms with E-state index in [2.05, 4.69) is 43.5 Å². The van der Waals surface area contributed by atoms with Crippen molar-refractivity contribution in [3.8, 4) is 0 Å². The molecule has 0 aliphatic heterocycles. The number of aromatic nitrogens is 2. The van der Waals surface area contributed by atoms with Crippen LogP contribution in [0.25, 0.3) is 0 Å². The van der Waals surface area contributed by atoms with Crippen molar-refractivity contribution in [2.75, 3.05) is 5.32 Å². The number of halogens is 2. The maximum atomic E-state index is 13.5. The monoisotopic (exact) mass is 506 g/mol. The molecule has 0 spiro atoms. The van der Waals surface area contributed by atoms with Crippen LogP contribution in [-0.4, -0.2) is 33.6 Å². The Morgan fingerprint density at radius 1 is 1.19 bits per heavy atom. The highest BCUT2D eigenvalue weighted by molar-refractivity contribution is 9.10. The van der Waals surface area contributed by atoms with Gasteiger partial charge in [0, 0.05) is 12.2 Å². The van der Waals surface area contributed by atoms with Crippen molar-refractivity contribution in [1.82, 2.24) is 15.3 Å². The zero-order valence-electron chi connectivity index (χ0n) is 18.6. The van der Waals surface area contributed by atoms with Crippen LogP contribution in [0, 0.1) is 11.7 Å². The van der Waals surface area contributed by atoms with Crippen LogP contribution in [0.2, 0.25) is 0 Å². The Labute approximate surface area is 195 Å². The molecule has 32 heavy (non-hydrogen) atoms. The predicted octanol–water partition coefficient (Wildman–Crippen LogP) is 5.43. The summed E-state index contributed by atoms with van der Waals surface area (Å²) >= 11 is 3.00. The van der Waals surface area contributed by atoms with E-state index in [-0.39, 0.29) is 22.3 Å². The molecule has 2 aromatic rings. The van der Waals surface area contributed by atoms with E-state index < -0.39 is 23.4 Å². The molecule has 2 amide bonds. The number of rotatable bonds is 4. The van der Waals surface area contributed by atoms with Gasteiger partial charge in [-0.2, -0.15) is 0 Å². The molecule has 3 atom stereocenters. The molecule has 1 fully saturated rings. The van der Waals surface area contributed by atoms with E-state index in [4.69, 9.17) is 4.74 Å². The largest absolute Gasteiger partial charge is 0.444 e. The lowest BCUT2D eigenvalue weighted by Crippen LogP contribution is -2.42. The average Bonchev–Trinajstić information content (AvgIpc) is 2.68. The molecule has 2 N–H and O–H groups in total. The molecule has 0 radical (unpaired) electrons. The summed E-state index contributed by atoms with van der Waals surface area (Å²) in [6, 6.07) is 4.36. The van der Waals surface area contributed by atoms with Gasteiger partial charge in [0.2, 0.25) is 0 Å². The smallest absolute Gasteiger partial charge is 0.407 e. The summed E-state index contributed by atoms with van der Waals surface area (Å²) < 4.78 is 18.8. The summed E-state index contributed by atoms with van der Waals surface area (Å²) in [5.74, 6) is -0.499. The normalized spacial score (nSPS) is 21.0. The second-order valence-electron chi connectivity index (χ2n) is 9.24. The van der Waals surface area contributed by atoms with Crippen LogP contribution < -0.4 is 10.6 Å². The fourth-order valence-corrected chi connectivity index (χ4v) is 4.37. The van der Waals surface area contributed by atoms with Crippen LogP contribution in [0.3, 0.4) is 0 Å². The Bertz CT molecular complexity index is 995. The quantitative estimate of drug-likeness (QED) is 0.539. The van der Waals surface area contributed by atoms with Gasteiger partial charge in [-0.1, -0.05) is 6.92 Å². The predicted molar refractivity (Wildman–Crippen MR) is 123 cm³/mol. The number of ether oxygens (including phenoxy) is 1. The molecule has 0 bridgehead atoms. The van der Waals surface area contributed by atoms with Crippen molar-refractivity contribution in [3.63, 3.8) is 0 Å². The topological polar surface area (TPSA) is 93.2 Å². The number of carbonyl (C=O) groups excluding carboxylic acids is 2. The number of anilines is 1. The van der Waals surface area contributed by atoms with Gasteiger partial charge < -0.3 is 15.4 Å². The number of hydrogen-bond donors (Lipinski definition) is 2. The Morgan fingerprint density at radius 2 is 1.94 bits per heavy atom. The summed E-state index contributed by atoms with van der Waals surface area (Å²) in [5.41, 5.74) is 1.05. The molecule has 172 valence electrons. The molecule has 1 saturated carbocycles. The maximum Gasteiger partial charge on any atom is 0.407 e. The van der Waals surface area contributed by atoms with Crippen LogP contribution in [0.15, 0.2) is 35.2 Å². The van der Waals surface area contributed by atoms with E-state index in [1.807, 2.05) is 26.8 Å². The maximum absolute atomic E-state index is 13.5. The molecular formula is C23H28BrFN4O3. The SMILES string of the molecule is C[C@@H]1C[C@H](NC(=O)OC(C)(C)C)C[C@H](c2ccncc2NC(=O)c2ccc(F)c(Br)n2)C1. The van der Waals surface area contributed by atoms with E-state index in [1.54, 1.807) is 12.4 Å². The standard InChI is InChI=1S/C23H28BrFN4O3/c1-13-9-14(11-15(10-13)27-22(31)32-23(2,3)4)16-7-8-26-12-19(16)29-21(30)18-6-5-17(25)20(24)28-18/h5-8,12-15H,9-11H2,1-4H3,(H,27,31)(H,29,30)/t13-,14+,15-/m0/s1. The van der Waals surface area contributed by atoms with Gasteiger partial charge in [-0.05, 0) is 91.6 Å². The van der Waals surface area contributed by atoms with Gasteiger partial charge in [0.15, 0.2) is 5.82 Å². The third-order valence-electron chi connectivity index (χ3n) is 5.24. The average molecular weight is 507 g/mol. The number of nitrogens with zero attached hydrogens (tertiary/aromatic N) is 2. The van der Waals surface area contributed by atoms with Crippen molar-refractivity contribution in [1.29, 1.82) is 0 Å². The number of carbonyl (C=O) groups is 2. The number of nitrogens with one attached hydrogen (secondary N) is 2. The highest BCUT2D eigenvalue weighted by atomic mass is 79.9. The lowest BCUT2D eigenvalue weighted by Gasteiger charge is -2.35. The molecule has 2 heterocycles. The number of hydrogen-bond acceptors (Lipinski definition) is 5. The minimum absolute atomic E-state index is 0.0197. The van der Waals surface area contributed by atoms with Crippen molar-refractivity contribution in [2.45, 2.75) is 64.5 Å². The van der Waals surface area contributed by atoms with Crippen LogP contribution in [-0.2, 0) is 4.74 Å². The second kappa shape index (κ2) is 9.94. The highest BCUT2D eigenvalue weighted by Gasteiger charge is 2.31. The third kappa shape index (κ3) is 6.48. The number of alkyl carbamates (subject to hydrolysis) is 1. The van der Waals surface area contributed by atoms with Gasteiger partial charge in [0.1, 0.15) is 15.9 Å². The Kier molecular flexibility index (Phi) is 7.48. The minimum Gasteiger partial charge on any atom is -0.444 e. The van der Waals surface area contributed by atoms with Gasteiger partial charge in [-0.15, -0.1) is 0 Å². The van der Waals surface area contributed by atoms with E-state index in [1.165, 1.54) is 12.1 Å². The summed E-state index contributed by atoms with van der Waals surface area (Å²) in [4.78, 5) is 33.1. The summed E-state index contributed by atoms with van der Waals surface area (Å²) in [6.07, 6.45) is 5.35. The molecule has 0 aromatic carbocycles. The molecule has 1 aliphatic carbocycles. The van der Waals surface area contributed by atoms with Crippen LogP contribution >= 0.6 is 15.9 Å². The van der Waals surface area contributed by atoms with Gasteiger partial charge in [-0.3, -0.25) is 9.78 Å². The second-order valence-corrected chi connectivity index (χ2v) is 9.99. The van der Waals surface area contributed by atoms with Crippen LogP contribution in [0.4, 0.5) is 14.9 Å². The summed E-state index contributed by atoms with van der Waals surface area (Å²) in [6.45, 7) is 7.65. The molecule has 0 unspecified atom stereocenters. The Balaban J connectivity index is 1.75.